The average Bonchev–Trinajstić information content (AvgIpc) is 2.30. The van der Waals surface area contributed by atoms with Gasteiger partial charge in [-0.05, 0) is 12.8 Å². The molecule has 0 saturated carbocycles. The Kier molecular flexibility index (Phi) is 10.6. The second kappa shape index (κ2) is 11.2. The normalized spacial score (nSPS) is 9.50. The van der Waals surface area contributed by atoms with Gasteiger partial charge in [-0.2, -0.15) is 0 Å². The molecule has 3 nitrogen and oxygen atoms in total. The van der Waals surface area contributed by atoms with Crippen molar-refractivity contribution in [1.82, 2.24) is 0 Å². The molecule has 1 aromatic heterocycles. The van der Waals surface area contributed by atoms with Crippen LogP contribution in [0.2, 0.25) is 5.09 Å². The predicted octanol–water partition coefficient (Wildman–Crippen LogP) is 3.23. The fourth-order valence-corrected chi connectivity index (χ4v) is 1.41. The van der Waals surface area contributed by atoms with E-state index in [4.69, 9.17) is 9.52 Å². The van der Waals surface area contributed by atoms with E-state index < -0.39 is 5.63 Å². The third-order valence-corrected chi connectivity index (χ3v) is 2.34. The molecule has 18 heavy (non-hydrogen) atoms. The first kappa shape index (κ1) is 17.1. The van der Waals surface area contributed by atoms with Crippen LogP contribution in [0.1, 0.15) is 38.4 Å². The van der Waals surface area contributed by atoms with Crippen molar-refractivity contribution in [2.75, 3.05) is 0 Å². The molecule has 0 atom stereocenters. The van der Waals surface area contributed by atoms with E-state index in [9.17, 15) is 4.79 Å². The molecular formula is C14H21LiO3. The van der Waals surface area contributed by atoms with E-state index in [2.05, 4.69) is 31.2 Å². The van der Waals surface area contributed by atoms with E-state index in [-0.39, 0.29) is 5.75 Å². The quantitative estimate of drug-likeness (QED) is 0.475. The zero-order chi connectivity index (χ0) is 13.8. The van der Waals surface area contributed by atoms with Crippen LogP contribution >= 0.6 is 0 Å². The first-order valence-corrected chi connectivity index (χ1v) is 6.57. The summed E-state index contributed by atoms with van der Waals surface area (Å²) in [5.41, 5.74) is -0.506. The second-order valence-corrected chi connectivity index (χ2v) is 4.14. The van der Waals surface area contributed by atoms with Crippen LogP contribution in [0.5, 0.6) is 5.75 Å². The summed E-state index contributed by atoms with van der Waals surface area (Å²) in [7, 11) is 0. The van der Waals surface area contributed by atoms with Gasteiger partial charge in [-0.1, -0.05) is 6.08 Å². The molecule has 0 radical (unpaired) electrons. The van der Waals surface area contributed by atoms with Crippen LogP contribution in [0.15, 0.2) is 34.0 Å². The van der Waals surface area contributed by atoms with Gasteiger partial charge >= 0.3 is 48.2 Å². The molecule has 0 unspecified atom stereocenters. The third-order valence-electron chi connectivity index (χ3n) is 2.34. The number of hydrogen-bond acceptors (Lipinski definition) is 3. The van der Waals surface area contributed by atoms with Gasteiger partial charge in [-0.25, -0.2) is 4.79 Å². The van der Waals surface area contributed by atoms with Gasteiger partial charge in [0.15, 0.2) is 0 Å². The van der Waals surface area contributed by atoms with Gasteiger partial charge in [0, 0.05) is 12.5 Å². The fraction of sp³-hybridized carbons (Fsp3) is 0.500. The molecule has 96 valence electrons. The van der Waals surface area contributed by atoms with Crippen LogP contribution in [0.3, 0.4) is 0 Å². The molecule has 1 aromatic rings. The van der Waals surface area contributed by atoms with Gasteiger partial charge in [0.1, 0.15) is 11.5 Å². The summed E-state index contributed by atoms with van der Waals surface area (Å²) in [5.74, 6) is 0.483. The van der Waals surface area contributed by atoms with Gasteiger partial charge in [0.05, 0.1) is 6.07 Å². The van der Waals surface area contributed by atoms with Crippen molar-refractivity contribution in [3.05, 3.63) is 41.0 Å². The minimum atomic E-state index is -0.506. The molecular weight excluding hydrogens is 223 g/mol. The molecule has 0 aliphatic rings. The van der Waals surface area contributed by atoms with Crippen molar-refractivity contribution < 1.29 is 9.52 Å². The first-order valence-electron chi connectivity index (χ1n) is 6.57. The number of aromatic hydroxyl groups is 1. The molecule has 0 aromatic carbocycles. The van der Waals surface area contributed by atoms with Gasteiger partial charge in [0.2, 0.25) is 0 Å². The topological polar surface area (TPSA) is 50.4 Å². The second-order valence-electron chi connectivity index (χ2n) is 4.14. The molecule has 0 saturated heterocycles. The van der Waals surface area contributed by atoms with Crippen LogP contribution in [0, 0.1) is 0 Å². The summed E-state index contributed by atoms with van der Waals surface area (Å²) in [4.78, 5) is 10.8. The number of aryl methyl sites for hydroxylation is 1. The van der Waals surface area contributed by atoms with Crippen LogP contribution in [0.4, 0.5) is 0 Å². The molecule has 0 amide bonds. The van der Waals surface area contributed by atoms with Crippen molar-refractivity contribution in [1.29, 1.82) is 0 Å². The summed E-state index contributed by atoms with van der Waals surface area (Å²) in [5, 5.41) is 10.4. The van der Waals surface area contributed by atoms with Gasteiger partial charge in [-0.15, -0.1) is 6.58 Å². The maximum absolute atomic E-state index is 10.8. The molecule has 0 bridgehead atoms. The van der Waals surface area contributed by atoms with Crippen molar-refractivity contribution in [2.24, 2.45) is 0 Å². The zero-order valence-corrected chi connectivity index (χ0v) is 11.4. The monoisotopic (exact) mass is 244 g/mol. The van der Waals surface area contributed by atoms with Crippen LogP contribution < -0.4 is 5.63 Å². The third kappa shape index (κ3) is 9.15. The van der Waals surface area contributed by atoms with Gasteiger partial charge < -0.3 is 9.52 Å². The molecule has 0 aliphatic heterocycles. The predicted molar refractivity (Wildman–Crippen MR) is 75.2 cm³/mol. The summed E-state index contributed by atoms with van der Waals surface area (Å²) < 4.78 is 4.85. The molecule has 0 spiro atoms. The summed E-state index contributed by atoms with van der Waals surface area (Å²) in [6.45, 7) is 5.80. The minimum absolute atomic E-state index is 0.0372. The Labute approximate surface area is 118 Å². The Balaban J connectivity index is 0.000000494. The van der Waals surface area contributed by atoms with E-state index in [1.807, 2.05) is 0 Å². The van der Waals surface area contributed by atoms with Crippen molar-refractivity contribution >= 4 is 17.7 Å². The first-order chi connectivity index (χ1) is 8.63. The SMILES string of the molecule is C=CCCCc1cc(O)cc(=O)o1.[Li][CH2]CCC. The molecule has 0 fully saturated rings. The van der Waals surface area contributed by atoms with E-state index in [1.165, 1.54) is 24.0 Å². The Bertz CT molecular complexity index is 383. The van der Waals surface area contributed by atoms with E-state index >= 15 is 0 Å². The molecule has 0 aliphatic carbocycles. The average molecular weight is 244 g/mol. The van der Waals surface area contributed by atoms with Gasteiger partial charge in [-0.3, -0.25) is 0 Å². The number of allylic oxidation sites excluding steroid dienone is 1. The van der Waals surface area contributed by atoms with Gasteiger partial charge in [0.25, 0.3) is 0 Å². The maximum atomic E-state index is 10.8. The molecule has 1 rings (SSSR count). The van der Waals surface area contributed by atoms with E-state index in [0.29, 0.717) is 12.2 Å². The zero-order valence-electron chi connectivity index (χ0n) is 11.4. The van der Waals surface area contributed by atoms with Crippen molar-refractivity contribution in [2.45, 2.75) is 44.1 Å². The molecule has 1 N–H and O–H groups in total. The Morgan fingerprint density at radius 3 is 2.61 bits per heavy atom. The van der Waals surface area contributed by atoms with Crippen LogP contribution in [-0.2, 0) is 6.42 Å². The summed E-state index contributed by atoms with van der Waals surface area (Å²) in [6, 6.07) is 2.52. The molecule has 1 heterocycles. The standard InChI is InChI=1S/C10H12O3.C4H9.Li/c1-2-3-4-5-9-6-8(11)7-10(12)13-9;1-3-4-2;/h2,6-7,11H,1,3-5H2;1,3-4H2,2H3;. The number of unbranched alkanes of at least 4 members (excludes halogenated alkanes) is 2. The number of hydrogen-bond donors (Lipinski definition) is 1. The van der Waals surface area contributed by atoms with E-state index in [0.717, 1.165) is 18.9 Å². The van der Waals surface area contributed by atoms with Crippen molar-refractivity contribution in [3.8, 4) is 5.75 Å². The fourth-order valence-electron chi connectivity index (χ4n) is 1.41. The van der Waals surface area contributed by atoms with Crippen LogP contribution in [0.25, 0.3) is 0 Å². The molecule has 4 heteroatoms. The Morgan fingerprint density at radius 1 is 1.44 bits per heavy atom. The Morgan fingerprint density at radius 2 is 2.17 bits per heavy atom. The summed E-state index contributed by atoms with van der Waals surface area (Å²) in [6.07, 6.45) is 6.93. The summed E-state index contributed by atoms with van der Waals surface area (Å²) >= 11 is 2.21. The van der Waals surface area contributed by atoms with Crippen molar-refractivity contribution in [3.63, 3.8) is 0 Å². The van der Waals surface area contributed by atoms with E-state index in [1.54, 1.807) is 6.08 Å². The Hall–Kier alpha value is -0.913. The van der Waals surface area contributed by atoms with Crippen LogP contribution in [-0.4, -0.2) is 22.8 Å². The number of rotatable bonds is 6.